The predicted molar refractivity (Wildman–Crippen MR) is 95.4 cm³/mol. The van der Waals surface area contributed by atoms with Gasteiger partial charge >= 0.3 is 0 Å². The van der Waals surface area contributed by atoms with E-state index in [4.69, 9.17) is 9.26 Å². The Balaban J connectivity index is 1.52. The second kappa shape index (κ2) is 7.90. The standard InChI is InChI=1S/C19H22N4O2/c1-13-11-17(24-3)14(2)10-15(13)12-20-9-7-18-22-19(23-25-18)16-6-4-5-8-21-16/h4-6,8,10-11,20H,7,9,12H2,1-3H3. The normalized spacial score (nSPS) is 10.8. The predicted octanol–water partition coefficient (Wildman–Crippen LogP) is 3.09. The molecule has 2 aromatic heterocycles. The van der Waals surface area contributed by atoms with Crippen molar-refractivity contribution in [2.75, 3.05) is 13.7 Å². The molecule has 0 saturated carbocycles. The summed E-state index contributed by atoms with van der Waals surface area (Å²) in [6, 6.07) is 9.86. The Kier molecular flexibility index (Phi) is 5.40. The van der Waals surface area contributed by atoms with E-state index in [0.717, 1.165) is 30.1 Å². The third-order valence-electron chi connectivity index (χ3n) is 4.05. The fourth-order valence-electron chi connectivity index (χ4n) is 2.63. The summed E-state index contributed by atoms with van der Waals surface area (Å²) < 4.78 is 10.6. The van der Waals surface area contributed by atoms with E-state index in [-0.39, 0.29) is 0 Å². The number of hydrogen-bond donors (Lipinski definition) is 1. The summed E-state index contributed by atoms with van der Waals surface area (Å²) in [5.41, 5.74) is 4.33. The quantitative estimate of drug-likeness (QED) is 0.667. The number of methoxy groups -OCH3 is 1. The molecule has 0 amide bonds. The Morgan fingerprint density at radius 2 is 2.04 bits per heavy atom. The molecule has 3 rings (SSSR count). The lowest BCUT2D eigenvalue weighted by Crippen LogP contribution is -2.17. The first-order chi connectivity index (χ1) is 12.2. The lowest BCUT2D eigenvalue weighted by atomic mass is 10.0. The van der Waals surface area contributed by atoms with Crippen LogP contribution in [0.3, 0.4) is 0 Å². The van der Waals surface area contributed by atoms with E-state index in [1.807, 2.05) is 18.2 Å². The zero-order chi connectivity index (χ0) is 17.6. The molecule has 1 aromatic carbocycles. The van der Waals surface area contributed by atoms with Gasteiger partial charge in [0.05, 0.1) is 7.11 Å². The van der Waals surface area contributed by atoms with Gasteiger partial charge in [-0.05, 0) is 48.7 Å². The van der Waals surface area contributed by atoms with Crippen LogP contribution in [0.25, 0.3) is 11.5 Å². The van der Waals surface area contributed by atoms with Crippen molar-refractivity contribution in [3.8, 4) is 17.3 Å². The average Bonchev–Trinajstić information content (AvgIpc) is 3.11. The number of pyridine rings is 1. The largest absolute Gasteiger partial charge is 0.496 e. The summed E-state index contributed by atoms with van der Waals surface area (Å²) in [5.74, 6) is 2.06. The zero-order valence-corrected chi connectivity index (χ0v) is 14.7. The number of rotatable bonds is 7. The molecule has 0 spiro atoms. The van der Waals surface area contributed by atoms with Crippen LogP contribution in [0.5, 0.6) is 5.75 Å². The number of nitrogens with zero attached hydrogens (tertiary/aromatic N) is 3. The Hall–Kier alpha value is -2.73. The summed E-state index contributed by atoms with van der Waals surface area (Å²) in [6.45, 7) is 5.70. The van der Waals surface area contributed by atoms with Gasteiger partial charge in [-0.1, -0.05) is 17.3 Å². The van der Waals surface area contributed by atoms with Crippen molar-refractivity contribution >= 4 is 0 Å². The molecule has 6 nitrogen and oxygen atoms in total. The van der Waals surface area contributed by atoms with Gasteiger partial charge in [0.25, 0.3) is 0 Å². The van der Waals surface area contributed by atoms with Crippen LogP contribution in [0.2, 0.25) is 0 Å². The average molecular weight is 338 g/mol. The molecule has 0 aliphatic heterocycles. The van der Waals surface area contributed by atoms with Crippen LogP contribution in [0.1, 0.15) is 22.6 Å². The molecule has 6 heteroatoms. The van der Waals surface area contributed by atoms with E-state index < -0.39 is 0 Å². The minimum atomic E-state index is 0.525. The molecule has 25 heavy (non-hydrogen) atoms. The Bertz CT molecular complexity index is 831. The van der Waals surface area contributed by atoms with Crippen molar-refractivity contribution in [1.82, 2.24) is 20.4 Å². The molecular formula is C19H22N4O2. The van der Waals surface area contributed by atoms with Gasteiger partial charge in [0.15, 0.2) is 0 Å². The van der Waals surface area contributed by atoms with E-state index in [1.54, 1.807) is 13.3 Å². The minimum Gasteiger partial charge on any atom is -0.496 e. The van der Waals surface area contributed by atoms with Gasteiger partial charge in [0.2, 0.25) is 11.7 Å². The van der Waals surface area contributed by atoms with Gasteiger partial charge in [0.1, 0.15) is 11.4 Å². The van der Waals surface area contributed by atoms with Gasteiger partial charge in [-0.25, -0.2) is 0 Å². The summed E-state index contributed by atoms with van der Waals surface area (Å²) in [4.78, 5) is 8.60. The second-order valence-electron chi connectivity index (χ2n) is 5.90. The van der Waals surface area contributed by atoms with E-state index in [2.05, 4.69) is 46.4 Å². The van der Waals surface area contributed by atoms with Gasteiger partial charge in [-0.3, -0.25) is 4.98 Å². The fourth-order valence-corrected chi connectivity index (χ4v) is 2.63. The molecule has 0 bridgehead atoms. The second-order valence-corrected chi connectivity index (χ2v) is 5.90. The van der Waals surface area contributed by atoms with Gasteiger partial charge < -0.3 is 14.6 Å². The van der Waals surface area contributed by atoms with Crippen LogP contribution in [-0.2, 0) is 13.0 Å². The highest BCUT2D eigenvalue weighted by Gasteiger charge is 2.09. The summed E-state index contributed by atoms with van der Waals surface area (Å²) in [6.07, 6.45) is 2.39. The first-order valence-corrected chi connectivity index (χ1v) is 8.26. The molecule has 130 valence electrons. The maximum absolute atomic E-state index is 5.35. The molecular weight excluding hydrogens is 316 g/mol. The number of aryl methyl sites for hydroxylation is 2. The van der Waals surface area contributed by atoms with Crippen LogP contribution < -0.4 is 10.1 Å². The Labute approximate surface area is 147 Å². The summed E-state index contributed by atoms with van der Waals surface area (Å²) in [7, 11) is 1.70. The van der Waals surface area contributed by atoms with Gasteiger partial charge in [0, 0.05) is 25.7 Å². The number of hydrogen-bond acceptors (Lipinski definition) is 6. The van der Waals surface area contributed by atoms with E-state index >= 15 is 0 Å². The van der Waals surface area contributed by atoms with E-state index in [1.165, 1.54) is 11.1 Å². The van der Waals surface area contributed by atoms with Crippen molar-refractivity contribution in [2.45, 2.75) is 26.8 Å². The monoisotopic (exact) mass is 338 g/mol. The Morgan fingerprint density at radius 1 is 1.16 bits per heavy atom. The van der Waals surface area contributed by atoms with Crippen LogP contribution in [0, 0.1) is 13.8 Å². The van der Waals surface area contributed by atoms with Crippen LogP contribution in [0.4, 0.5) is 0 Å². The van der Waals surface area contributed by atoms with Crippen LogP contribution >= 0.6 is 0 Å². The SMILES string of the molecule is COc1cc(C)c(CNCCc2nc(-c3ccccn3)no2)cc1C. The number of aromatic nitrogens is 3. The third-order valence-corrected chi connectivity index (χ3v) is 4.05. The van der Waals surface area contributed by atoms with Gasteiger partial charge in [-0.2, -0.15) is 4.98 Å². The topological polar surface area (TPSA) is 73.1 Å². The van der Waals surface area contributed by atoms with Crippen LogP contribution in [0.15, 0.2) is 41.1 Å². The molecule has 0 fully saturated rings. The van der Waals surface area contributed by atoms with Crippen molar-refractivity contribution in [1.29, 1.82) is 0 Å². The first-order valence-electron chi connectivity index (χ1n) is 8.26. The van der Waals surface area contributed by atoms with E-state index in [9.17, 15) is 0 Å². The molecule has 2 heterocycles. The Morgan fingerprint density at radius 3 is 2.80 bits per heavy atom. The summed E-state index contributed by atoms with van der Waals surface area (Å²) in [5, 5.41) is 7.40. The van der Waals surface area contributed by atoms with Crippen molar-refractivity contribution in [3.63, 3.8) is 0 Å². The number of nitrogens with one attached hydrogen (secondary N) is 1. The fraction of sp³-hybridized carbons (Fsp3) is 0.316. The molecule has 0 atom stereocenters. The van der Waals surface area contributed by atoms with Crippen LogP contribution in [-0.4, -0.2) is 28.8 Å². The maximum atomic E-state index is 5.35. The third kappa shape index (κ3) is 4.22. The number of benzene rings is 1. The maximum Gasteiger partial charge on any atom is 0.228 e. The van der Waals surface area contributed by atoms with Crippen molar-refractivity contribution in [2.24, 2.45) is 0 Å². The highest BCUT2D eigenvalue weighted by atomic mass is 16.5. The minimum absolute atomic E-state index is 0.525. The van der Waals surface area contributed by atoms with Crippen molar-refractivity contribution in [3.05, 3.63) is 59.1 Å². The first kappa shape index (κ1) is 17.1. The molecule has 1 N–H and O–H groups in total. The lowest BCUT2D eigenvalue weighted by Gasteiger charge is -2.11. The summed E-state index contributed by atoms with van der Waals surface area (Å²) >= 11 is 0. The highest BCUT2D eigenvalue weighted by Crippen LogP contribution is 2.22. The van der Waals surface area contributed by atoms with Crippen molar-refractivity contribution < 1.29 is 9.26 Å². The molecule has 3 aromatic rings. The molecule has 0 aliphatic carbocycles. The molecule has 0 saturated heterocycles. The van der Waals surface area contributed by atoms with Gasteiger partial charge in [-0.15, -0.1) is 0 Å². The zero-order valence-electron chi connectivity index (χ0n) is 14.7. The molecule has 0 aliphatic rings. The lowest BCUT2D eigenvalue weighted by molar-refractivity contribution is 0.376. The molecule has 0 radical (unpaired) electrons. The van der Waals surface area contributed by atoms with E-state index in [0.29, 0.717) is 18.1 Å². The highest BCUT2D eigenvalue weighted by molar-refractivity contribution is 5.47. The smallest absolute Gasteiger partial charge is 0.228 e. The molecule has 0 unspecified atom stereocenters. The number of ether oxygens (including phenoxy) is 1.